The molecule has 0 unspecified atom stereocenters. The van der Waals surface area contributed by atoms with Crippen molar-refractivity contribution in [1.82, 2.24) is 15.3 Å². The number of nitrogens with one attached hydrogen (secondary N) is 1. The van der Waals surface area contributed by atoms with E-state index in [0.29, 0.717) is 10.6 Å². The van der Waals surface area contributed by atoms with Gasteiger partial charge in [0, 0.05) is 23.1 Å². The fourth-order valence-corrected chi connectivity index (χ4v) is 5.10. The number of carboxylic acid groups (broad SMARTS) is 1. The lowest BCUT2D eigenvalue weighted by Crippen LogP contribution is -2.25. The van der Waals surface area contributed by atoms with Gasteiger partial charge in [0.25, 0.3) is 0 Å². The van der Waals surface area contributed by atoms with Crippen molar-refractivity contribution in [3.8, 4) is 10.6 Å². The molecule has 6 nitrogen and oxygen atoms in total. The number of pyridine rings is 1. The van der Waals surface area contributed by atoms with Crippen LogP contribution in [0, 0.1) is 5.82 Å². The average Bonchev–Trinajstić information content (AvgIpc) is 3.55. The van der Waals surface area contributed by atoms with Crippen molar-refractivity contribution in [3.63, 3.8) is 0 Å². The van der Waals surface area contributed by atoms with Crippen LogP contribution in [-0.4, -0.2) is 39.9 Å². The second-order valence-electron chi connectivity index (χ2n) is 8.43. The van der Waals surface area contributed by atoms with Gasteiger partial charge in [0.1, 0.15) is 21.2 Å². The molecule has 0 atom stereocenters. The first-order chi connectivity index (χ1) is 16.5. The van der Waals surface area contributed by atoms with E-state index >= 15 is 0 Å². The van der Waals surface area contributed by atoms with Crippen molar-refractivity contribution in [2.24, 2.45) is 0 Å². The van der Waals surface area contributed by atoms with E-state index in [2.05, 4.69) is 22.4 Å². The zero-order valence-electron chi connectivity index (χ0n) is 18.3. The van der Waals surface area contributed by atoms with Gasteiger partial charge in [-0.25, -0.2) is 14.4 Å². The topological polar surface area (TPSA) is 92.2 Å². The van der Waals surface area contributed by atoms with Gasteiger partial charge in [-0.15, -0.1) is 0 Å². The maximum absolute atomic E-state index is 14.9. The van der Waals surface area contributed by atoms with Crippen LogP contribution in [-0.2, 0) is 10.2 Å². The summed E-state index contributed by atoms with van der Waals surface area (Å²) in [5.74, 6) is -1.78. The molecule has 0 amide bonds. The number of hydrogen-bond donors (Lipinski definition) is 2. The van der Waals surface area contributed by atoms with Gasteiger partial charge in [0.05, 0.1) is 18.7 Å². The predicted octanol–water partition coefficient (Wildman–Crippen LogP) is 4.82. The molecular formula is C26H22FN3O3S. The first kappa shape index (κ1) is 22.3. The van der Waals surface area contributed by atoms with E-state index in [0.717, 1.165) is 28.9 Å². The van der Waals surface area contributed by atoms with Crippen LogP contribution in [0.1, 0.15) is 40.9 Å². The van der Waals surface area contributed by atoms with Crippen LogP contribution in [0.3, 0.4) is 0 Å². The number of rotatable bonds is 9. The number of aliphatic carboxylic acids is 1. The fourth-order valence-electron chi connectivity index (χ4n) is 4.14. The number of ketones is 1. The minimum atomic E-state index is -0.944. The van der Waals surface area contributed by atoms with Crippen molar-refractivity contribution < 1.29 is 19.1 Å². The molecule has 1 fully saturated rings. The minimum Gasteiger partial charge on any atom is -0.481 e. The van der Waals surface area contributed by atoms with E-state index in [-0.39, 0.29) is 36.3 Å². The lowest BCUT2D eigenvalue weighted by atomic mass is 9.92. The van der Waals surface area contributed by atoms with Crippen LogP contribution in [0.5, 0.6) is 0 Å². The highest BCUT2D eigenvalue weighted by molar-refractivity contribution is 7.21. The number of hydrogen-bond acceptors (Lipinski definition) is 6. The summed E-state index contributed by atoms with van der Waals surface area (Å²) >= 11 is 1.34. The van der Waals surface area contributed by atoms with Crippen molar-refractivity contribution >= 4 is 33.4 Å². The Balaban J connectivity index is 1.36. The number of carbonyl (C=O) groups excluding carboxylic acids is 1. The molecule has 0 spiro atoms. The molecule has 172 valence electrons. The molecule has 5 rings (SSSR count). The third-order valence-corrected chi connectivity index (χ3v) is 7.14. The molecule has 0 aliphatic heterocycles. The summed E-state index contributed by atoms with van der Waals surface area (Å²) in [5, 5.41) is 11.9. The number of carboxylic acids is 1. The number of Topliss-reactive ketones (excluding diaryl/α,β-unsaturated/α-hetero) is 1. The summed E-state index contributed by atoms with van der Waals surface area (Å²) in [6.45, 7) is 0.122. The number of fused-ring (bicyclic) bond motifs is 1. The summed E-state index contributed by atoms with van der Waals surface area (Å²) in [6.07, 6.45) is 2.02. The zero-order valence-corrected chi connectivity index (χ0v) is 19.1. The Morgan fingerprint density at radius 1 is 1.06 bits per heavy atom. The van der Waals surface area contributed by atoms with Gasteiger partial charge >= 0.3 is 5.97 Å². The van der Waals surface area contributed by atoms with Crippen molar-refractivity contribution in [3.05, 3.63) is 83.3 Å². The number of thiazole rings is 1. The maximum atomic E-state index is 14.9. The molecule has 0 radical (unpaired) electrons. The van der Waals surface area contributed by atoms with Gasteiger partial charge in [0.2, 0.25) is 0 Å². The second-order valence-corrected chi connectivity index (χ2v) is 9.40. The largest absolute Gasteiger partial charge is 0.481 e. The molecule has 1 aliphatic rings. The van der Waals surface area contributed by atoms with E-state index in [1.165, 1.54) is 23.0 Å². The number of carbonyl (C=O) groups is 2. The summed E-state index contributed by atoms with van der Waals surface area (Å²) in [6, 6.07) is 18.7. The van der Waals surface area contributed by atoms with Gasteiger partial charge in [-0.05, 0) is 42.7 Å². The fraction of sp³-hybridized carbons (Fsp3) is 0.231. The molecular weight excluding hydrogens is 453 g/mol. The Labute approximate surface area is 199 Å². The Bertz CT molecular complexity index is 1380. The lowest BCUT2D eigenvalue weighted by Gasteiger charge is -2.14. The molecule has 34 heavy (non-hydrogen) atoms. The summed E-state index contributed by atoms with van der Waals surface area (Å²) < 4.78 is 14.9. The first-order valence-corrected chi connectivity index (χ1v) is 11.9. The van der Waals surface area contributed by atoms with Crippen LogP contribution in [0.4, 0.5) is 4.39 Å². The highest BCUT2D eigenvalue weighted by Crippen LogP contribution is 2.53. The number of aromatic nitrogens is 2. The van der Waals surface area contributed by atoms with Crippen molar-refractivity contribution in [2.45, 2.75) is 24.7 Å². The minimum absolute atomic E-state index is 0.0502. The van der Waals surface area contributed by atoms with E-state index < -0.39 is 11.8 Å². The Kier molecular flexibility index (Phi) is 5.93. The van der Waals surface area contributed by atoms with Crippen LogP contribution in [0.2, 0.25) is 0 Å². The molecule has 1 saturated carbocycles. The van der Waals surface area contributed by atoms with Crippen molar-refractivity contribution in [2.75, 3.05) is 13.1 Å². The number of benzene rings is 2. The predicted molar refractivity (Wildman–Crippen MR) is 129 cm³/mol. The third-order valence-electron chi connectivity index (χ3n) is 6.14. The van der Waals surface area contributed by atoms with Crippen LogP contribution >= 0.6 is 11.3 Å². The van der Waals surface area contributed by atoms with Crippen LogP contribution in [0.25, 0.3) is 20.9 Å². The summed E-state index contributed by atoms with van der Waals surface area (Å²) in [5.41, 5.74) is 3.49. The van der Waals surface area contributed by atoms with E-state index in [1.54, 1.807) is 12.1 Å². The smallest absolute Gasteiger partial charge is 0.304 e. The molecule has 2 aromatic heterocycles. The first-order valence-electron chi connectivity index (χ1n) is 11.1. The normalized spacial score (nSPS) is 14.3. The molecule has 0 saturated heterocycles. The monoisotopic (exact) mass is 475 g/mol. The van der Waals surface area contributed by atoms with Gasteiger partial charge < -0.3 is 10.4 Å². The number of nitrogens with zero attached hydrogens (tertiary/aromatic N) is 2. The Morgan fingerprint density at radius 2 is 1.85 bits per heavy atom. The van der Waals surface area contributed by atoms with Crippen molar-refractivity contribution in [1.29, 1.82) is 0 Å². The lowest BCUT2D eigenvalue weighted by molar-refractivity contribution is -0.136. The van der Waals surface area contributed by atoms with E-state index in [1.807, 2.05) is 30.3 Å². The van der Waals surface area contributed by atoms with E-state index in [4.69, 9.17) is 10.1 Å². The van der Waals surface area contributed by atoms with E-state index in [9.17, 15) is 14.0 Å². The molecule has 0 bridgehead atoms. The SMILES string of the molecule is O=C(O)CCNCC(=O)c1ccc(-c2nc3ccc(C4(c5ccccc5)CC4)nc3s2)c(F)c1. The Morgan fingerprint density at radius 3 is 2.56 bits per heavy atom. The van der Waals surface area contributed by atoms with Crippen LogP contribution < -0.4 is 5.32 Å². The third kappa shape index (κ3) is 4.34. The van der Waals surface area contributed by atoms with Gasteiger partial charge in [-0.1, -0.05) is 47.7 Å². The second kappa shape index (κ2) is 9.04. The number of halogens is 1. The van der Waals surface area contributed by atoms with Gasteiger partial charge in [-0.2, -0.15) is 0 Å². The van der Waals surface area contributed by atoms with Gasteiger partial charge in [0.15, 0.2) is 5.78 Å². The maximum Gasteiger partial charge on any atom is 0.304 e. The molecule has 1 aliphatic carbocycles. The highest BCUT2D eigenvalue weighted by Gasteiger charge is 2.47. The average molecular weight is 476 g/mol. The molecule has 4 aromatic rings. The summed E-state index contributed by atoms with van der Waals surface area (Å²) in [7, 11) is 0. The summed E-state index contributed by atoms with van der Waals surface area (Å²) in [4.78, 5) is 33.1. The zero-order chi connectivity index (χ0) is 23.7. The molecule has 8 heteroatoms. The molecule has 2 aromatic carbocycles. The highest BCUT2D eigenvalue weighted by atomic mass is 32.1. The molecule has 2 heterocycles. The van der Waals surface area contributed by atoms with Crippen LogP contribution in [0.15, 0.2) is 60.7 Å². The quantitative estimate of drug-likeness (QED) is 0.266. The standard InChI is InChI=1S/C26H22FN3O3S/c27-19-14-16(21(31)15-28-13-10-23(32)33)6-7-18(19)24-29-20-8-9-22(30-25(20)34-24)26(11-12-26)17-4-2-1-3-5-17/h1-9,14,28H,10-13,15H2,(H,32,33). The Hall–Kier alpha value is -3.49. The molecule has 2 N–H and O–H groups in total. The van der Waals surface area contributed by atoms with Gasteiger partial charge in [-0.3, -0.25) is 9.59 Å².